The molecule has 0 amide bonds. The molecule has 136 valence electrons. The molecule has 0 bridgehead atoms. The summed E-state index contributed by atoms with van der Waals surface area (Å²) in [6.07, 6.45) is -9.67. The Morgan fingerprint density at radius 3 is 1.92 bits per heavy atom. The predicted molar refractivity (Wildman–Crippen MR) is 74.2 cm³/mol. The highest BCUT2D eigenvalue weighted by Gasteiger charge is 2.39. The van der Waals surface area contributed by atoms with E-state index in [-0.39, 0.29) is 24.2 Å². The number of rotatable bonds is 4. The number of aliphatic hydroxyl groups is 1. The summed E-state index contributed by atoms with van der Waals surface area (Å²) < 4.78 is 82.4. The smallest absolute Gasteiger partial charge is 0.390 e. The van der Waals surface area contributed by atoms with Crippen molar-refractivity contribution < 1.29 is 36.2 Å². The second-order valence-electron chi connectivity index (χ2n) is 6.59. The van der Waals surface area contributed by atoms with Crippen molar-refractivity contribution in [3.8, 4) is 0 Å². The molecular formula is C16H18F6O2. The maximum atomic E-state index is 12.8. The van der Waals surface area contributed by atoms with Crippen molar-refractivity contribution in [1.29, 1.82) is 0 Å². The number of benzene rings is 1. The van der Waals surface area contributed by atoms with Gasteiger partial charge < -0.3 is 9.84 Å². The van der Waals surface area contributed by atoms with Gasteiger partial charge in [-0.2, -0.15) is 26.3 Å². The van der Waals surface area contributed by atoms with E-state index in [2.05, 4.69) is 0 Å². The van der Waals surface area contributed by atoms with Crippen molar-refractivity contribution in [2.75, 3.05) is 6.61 Å². The lowest BCUT2D eigenvalue weighted by Crippen LogP contribution is -2.42. The van der Waals surface area contributed by atoms with Crippen LogP contribution in [0.1, 0.15) is 49.5 Å². The molecule has 1 aromatic rings. The highest BCUT2D eigenvalue weighted by atomic mass is 19.4. The lowest BCUT2D eigenvalue weighted by atomic mass is 9.73. The first kappa shape index (κ1) is 19.1. The minimum atomic E-state index is -4.87. The molecular weight excluding hydrogens is 338 g/mol. The fraction of sp³-hybridized carbons (Fsp3) is 0.625. The largest absolute Gasteiger partial charge is 0.416 e. The normalized spacial score (nSPS) is 26.1. The van der Waals surface area contributed by atoms with E-state index in [4.69, 9.17) is 4.74 Å². The molecule has 0 heterocycles. The van der Waals surface area contributed by atoms with E-state index in [0.29, 0.717) is 25.0 Å². The van der Waals surface area contributed by atoms with Crippen LogP contribution in [0.25, 0.3) is 0 Å². The van der Waals surface area contributed by atoms with Gasteiger partial charge >= 0.3 is 12.4 Å². The quantitative estimate of drug-likeness (QED) is 0.773. The number of ether oxygens (including phenoxy) is 1. The monoisotopic (exact) mass is 356 g/mol. The van der Waals surface area contributed by atoms with Crippen LogP contribution in [0, 0.1) is 5.92 Å². The third kappa shape index (κ3) is 4.63. The summed E-state index contributed by atoms with van der Waals surface area (Å²) in [6.45, 7) is 3.25. The summed E-state index contributed by atoms with van der Waals surface area (Å²) in [6, 6.07) is 1.45. The van der Waals surface area contributed by atoms with Crippen LogP contribution in [-0.4, -0.2) is 17.3 Å². The summed E-state index contributed by atoms with van der Waals surface area (Å²) >= 11 is 0. The molecule has 1 fully saturated rings. The molecule has 0 aromatic heterocycles. The number of alkyl halides is 6. The maximum Gasteiger partial charge on any atom is 0.416 e. The first-order valence-corrected chi connectivity index (χ1v) is 7.41. The standard InChI is InChI=1S/C16H18F6O2/c1-9(24-8-10-6-14(2,23)7-10)11-3-12(15(17,18)19)5-13(4-11)16(20,21)22/h3-5,9-10,23H,6-8H2,1-2H3. The van der Waals surface area contributed by atoms with E-state index >= 15 is 0 Å². The first-order chi connectivity index (χ1) is 10.8. The van der Waals surface area contributed by atoms with Gasteiger partial charge in [-0.3, -0.25) is 0 Å². The molecule has 2 rings (SSSR count). The van der Waals surface area contributed by atoms with E-state index in [0.717, 1.165) is 0 Å². The fourth-order valence-corrected chi connectivity index (χ4v) is 2.89. The maximum absolute atomic E-state index is 12.8. The zero-order valence-electron chi connectivity index (χ0n) is 13.1. The van der Waals surface area contributed by atoms with Gasteiger partial charge in [-0.25, -0.2) is 0 Å². The molecule has 1 aromatic carbocycles. The first-order valence-electron chi connectivity index (χ1n) is 7.41. The summed E-state index contributed by atoms with van der Waals surface area (Å²) in [5.74, 6) is 0.0512. The summed E-state index contributed by atoms with van der Waals surface area (Å²) in [5.41, 5.74) is -3.65. The number of halogens is 6. The SMILES string of the molecule is CC(OCC1CC(C)(O)C1)c1cc(C(F)(F)F)cc(C(F)(F)F)c1. The van der Waals surface area contributed by atoms with Crippen molar-refractivity contribution in [3.63, 3.8) is 0 Å². The van der Waals surface area contributed by atoms with Gasteiger partial charge in [-0.05, 0) is 56.4 Å². The minimum absolute atomic E-state index is 0.0512. The van der Waals surface area contributed by atoms with Crippen LogP contribution in [0.4, 0.5) is 26.3 Å². The van der Waals surface area contributed by atoms with E-state index in [1.165, 1.54) is 6.92 Å². The summed E-state index contributed by atoms with van der Waals surface area (Å²) in [7, 11) is 0. The van der Waals surface area contributed by atoms with Crippen LogP contribution in [0.2, 0.25) is 0 Å². The van der Waals surface area contributed by atoms with Crippen molar-refractivity contribution in [2.24, 2.45) is 5.92 Å². The Labute approximate surface area is 135 Å². The van der Waals surface area contributed by atoms with Crippen LogP contribution < -0.4 is 0 Å². The number of hydrogen-bond donors (Lipinski definition) is 1. The van der Waals surface area contributed by atoms with Gasteiger partial charge in [0.25, 0.3) is 0 Å². The molecule has 1 saturated carbocycles. The highest BCUT2D eigenvalue weighted by molar-refractivity contribution is 5.34. The summed E-state index contributed by atoms with van der Waals surface area (Å²) in [4.78, 5) is 0. The zero-order valence-corrected chi connectivity index (χ0v) is 13.1. The third-order valence-corrected chi connectivity index (χ3v) is 4.12. The van der Waals surface area contributed by atoms with Crippen molar-refractivity contribution in [3.05, 3.63) is 34.9 Å². The molecule has 0 radical (unpaired) electrons. The molecule has 8 heteroatoms. The molecule has 1 atom stereocenters. The van der Waals surface area contributed by atoms with Gasteiger partial charge in [0, 0.05) is 0 Å². The minimum Gasteiger partial charge on any atom is -0.390 e. The molecule has 1 aliphatic carbocycles. The Morgan fingerprint density at radius 2 is 1.54 bits per heavy atom. The van der Waals surface area contributed by atoms with Crippen molar-refractivity contribution >= 4 is 0 Å². The zero-order chi connectivity index (χ0) is 18.3. The Hall–Kier alpha value is -1.28. The molecule has 0 aliphatic heterocycles. The lowest BCUT2D eigenvalue weighted by molar-refractivity contribution is -0.143. The van der Waals surface area contributed by atoms with E-state index in [9.17, 15) is 31.4 Å². The Bertz CT molecular complexity index is 551. The fourth-order valence-electron chi connectivity index (χ4n) is 2.89. The van der Waals surface area contributed by atoms with Crippen molar-refractivity contribution in [2.45, 2.75) is 50.7 Å². The van der Waals surface area contributed by atoms with Gasteiger partial charge in [0.2, 0.25) is 0 Å². The average molecular weight is 356 g/mol. The molecule has 2 nitrogen and oxygen atoms in total. The number of hydrogen-bond acceptors (Lipinski definition) is 2. The van der Waals surface area contributed by atoms with Crippen LogP contribution in [0.5, 0.6) is 0 Å². The van der Waals surface area contributed by atoms with Gasteiger partial charge in [0.15, 0.2) is 0 Å². The molecule has 1 N–H and O–H groups in total. The molecule has 0 spiro atoms. The van der Waals surface area contributed by atoms with Crippen LogP contribution in [0.15, 0.2) is 18.2 Å². The summed E-state index contributed by atoms with van der Waals surface area (Å²) in [5, 5.41) is 9.61. The Kier molecular flexibility index (Phi) is 4.94. The van der Waals surface area contributed by atoms with E-state index in [1.54, 1.807) is 6.92 Å². The molecule has 24 heavy (non-hydrogen) atoms. The Balaban J connectivity index is 2.15. The van der Waals surface area contributed by atoms with Crippen LogP contribution in [-0.2, 0) is 17.1 Å². The van der Waals surface area contributed by atoms with E-state index < -0.39 is 35.2 Å². The highest BCUT2D eigenvalue weighted by Crippen LogP contribution is 2.40. The van der Waals surface area contributed by atoms with Gasteiger partial charge in [-0.1, -0.05) is 0 Å². The van der Waals surface area contributed by atoms with Gasteiger partial charge in [-0.15, -0.1) is 0 Å². The molecule has 0 saturated heterocycles. The van der Waals surface area contributed by atoms with Crippen molar-refractivity contribution in [1.82, 2.24) is 0 Å². The molecule has 1 aliphatic rings. The van der Waals surface area contributed by atoms with Crippen LogP contribution >= 0.6 is 0 Å². The second-order valence-corrected chi connectivity index (χ2v) is 6.59. The van der Waals surface area contributed by atoms with E-state index in [1.807, 2.05) is 0 Å². The van der Waals surface area contributed by atoms with Gasteiger partial charge in [0.05, 0.1) is 29.4 Å². The Morgan fingerprint density at radius 1 is 1.08 bits per heavy atom. The van der Waals surface area contributed by atoms with Gasteiger partial charge in [0.1, 0.15) is 0 Å². The predicted octanol–water partition coefficient (Wildman–Crippen LogP) is 4.96. The molecule has 1 unspecified atom stereocenters. The average Bonchev–Trinajstić information content (AvgIpc) is 2.40. The van der Waals surface area contributed by atoms with Crippen LogP contribution in [0.3, 0.4) is 0 Å². The second kappa shape index (κ2) is 6.22. The third-order valence-electron chi connectivity index (χ3n) is 4.12. The lowest BCUT2D eigenvalue weighted by Gasteiger charge is -2.41. The topological polar surface area (TPSA) is 29.5 Å².